The van der Waals surface area contributed by atoms with Crippen molar-refractivity contribution in [3.05, 3.63) is 23.8 Å². The molecule has 0 aliphatic rings. The Morgan fingerprint density at radius 3 is 2.39 bits per heavy atom. The molecule has 8 heteroatoms. The maximum atomic E-state index is 11.5. The number of rotatable bonds is 4. The predicted molar refractivity (Wildman–Crippen MR) is 63.4 cm³/mol. The van der Waals surface area contributed by atoms with Gasteiger partial charge in [0.2, 0.25) is 0 Å². The molecule has 0 fully saturated rings. The minimum absolute atomic E-state index is 0.0141. The Bertz CT molecular complexity index is 553. The van der Waals surface area contributed by atoms with Gasteiger partial charge in [0.25, 0.3) is 10.0 Å². The summed E-state index contributed by atoms with van der Waals surface area (Å²) in [5.74, 6) is -0.483. The Balaban J connectivity index is 3.31. The molecule has 0 unspecified atom stereocenters. The third-order valence-corrected chi connectivity index (χ3v) is 2.96. The number of hydrogen-bond acceptors (Lipinski definition) is 6. The summed E-state index contributed by atoms with van der Waals surface area (Å²) in [6.07, 6.45) is 0.828. The molecule has 0 heterocycles. The Labute approximate surface area is 105 Å². The van der Waals surface area contributed by atoms with Crippen molar-refractivity contribution in [1.82, 2.24) is 0 Å². The quantitative estimate of drug-likeness (QED) is 0.640. The molecule has 0 saturated carbocycles. The lowest BCUT2D eigenvalue weighted by Crippen LogP contribution is -2.25. The first-order chi connectivity index (χ1) is 8.31. The van der Waals surface area contributed by atoms with Gasteiger partial charge in [0.05, 0.1) is 26.2 Å². The number of hydrogen-bond donors (Lipinski definition) is 1. The molecule has 7 nitrogen and oxygen atoms in total. The molecular formula is C10H13NO6S. The predicted octanol–water partition coefficient (Wildman–Crippen LogP) is 0.637. The molecule has 1 rings (SSSR count). The number of anilines is 1. The second-order valence-corrected chi connectivity index (χ2v) is 5.19. The second kappa shape index (κ2) is 5.23. The number of esters is 1. The van der Waals surface area contributed by atoms with Crippen molar-refractivity contribution in [2.45, 2.75) is 0 Å². The van der Waals surface area contributed by atoms with E-state index >= 15 is 0 Å². The van der Waals surface area contributed by atoms with E-state index in [1.807, 2.05) is 0 Å². The van der Waals surface area contributed by atoms with Crippen LogP contribution < -0.4 is 9.21 Å². The van der Waals surface area contributed by atoms with Gasteiger partial charge in [-0.3, -0.25) is 5.21 Å². The van der Waals surface area contributed by atoms with Crippen LogP contribution in [0.1, 0.15) is 10.4 Å². The van der Waals surface area contributed by atoms with E-state index in [0.29, 0.717) is 0 Å². The fraction of sp³-hybridized carbons (Fsp3) is 0.300. The van der Waals surface area contributed by atoms with Crippen LogP contribution in [0.4, 0.5) is 5.69 Å². The number of ether oxygens (including phenoxy) is 2. The Kier molecular flexibility index (Phi) is 4.15. The van der Waals surface area contributed by atoms with Crippen LogP contribution in [0.5, 0.6) is 5.75 Å². The number of nitrogens with zero attached hydrogens (tertiary/aromatic N) is 1. The van der Waals surface area contributed by atoms with Gasteiger partial charge in [0, 0.05) is 0 Å². The van der Waals surface area contributed by atoms with Gasteiger partial charge in [0.15, 0.2) is 0 Å². The first-order valence-electron chi connectivity index (χ1n) is 4.76. The van der Waals surface area contributed by atoms with Gasteiger partial charge in [-0.05, 0) is 18.2 Å². The first kappa shape index (κ1) is 14.3. The summed E-state index contributed by atoms with van der Waals surface area (Å²) in [4.78, 5) is 11.5. The summed E-state index contributed by atoms with van der Waals surface area (Å²) >= 11 is 0. The highest BCUT2D eigenvalue weighted by Crippen LogP contribution is 2.26. The van der Waals surface area contributed by atoms with E-state index in [1.54, 1.807) is 0 Å². The fourth-order valence-corrected chi connectivity index (χ4v) is 1.77. The van der Waals surface area contributed by atoms with Gasteiger partial charge in [0.1, 0.15) is 11.3 Å². The van der Waals surface area contributed by atoms with Gasteiger partial charge in [-0.25, -0.2) is 13.2 Å². The van der Waals surface area contributed by atoms with E-state index in [4.69, 9.17) is 4.74 Å². The van der Waals surface area contributed by atoms with Crippen LogP contribution in [-0.4, -0.2) is 40.1 Å². The summed E-state index contributed by atoms with van der Waals surface area (Å²) in [5, 5.41) is 9.45. The van der Waals surface area contributed by atoms with Gasteiger partial charge < -0.3 is 9.47 Å². The van der Waals surface area contributed by atoms with E-state index in [9.17, 15) is 18.4 Å². The molecular weight excluding hydrogens is 262 g/mol. The zero-order valence-corrected chi connectivity index (χ0v) is 10.9. The standard InChI is InChI=1S/C10H13NO6S/c1-16-9-5-4-7(11(13)18(3,14)15)6-8(9)10(12)17-2/h4-6,13H,1-3H3. The van der Waals surface area contributed by atoms with Crippen LogP contribution in [0.25, 0.3) is 0 Å². The van der Waals surface area contributed by atoms with Crippen LogP contribution in [-0.2, 0) is 14.8 Å². The van der Waals surface area contributed by atoms with Crippen molar-refractivity contribution in [3.63, 3.8) is 0 Å². The molecule has 0 bridgehead atoms. The van der Waals surface area contributed by atoms with Gasteiger partial charge in [-0.15, -0.1) is 4.47 Å². The number of methoxy groups -OCH3 is 2. The summed E-state index contributed by atoms with van der Waals surface area (Å²) < 4.78 is 31.9. The highest BCUT2D eigenvalue weighted by molar-refractivity contribution is 7.91. The van der Waals surface area contributed by atoms with Crippen molar-refractivity contribution in [2.24, 2.45) is 0 Å². The Morgan fingerprint density at radius 2 is 1.94 bits per heavy atom. The molecule has 0 aliphatic heterocycles. The van der Waals surface area contributed by atoms with Crippen LogP contribution in [0, 0.1) is 0 Å². The zero-order chi connectivity index (χ0) is 13.9. The number of benzene rings is 1. The van der Waals surface area contributed by atoms with Crippen LogP contribution in [0.2, 0.25) is 0 Å². The van der Waals surface area contributed by atoms with E-state index in [2.05, 4.69) is 4.74 Å². The van der Waals surface area contributed by atoms with E-state index in [1.165, 1.54) is 26.4 Å². The lowest BCUT2D eigenvalue weighted by Gasteiger charge is -2.15. The van der Waals surface area contributed by atoms with Gasteiger partial charge in [-0.1, -0.05) is 0 Å². The fourth-order valence-electron chi connectivity index (χ4n) is 1.28. The van der Waals surface area contributed by atoms with Gasteiger partial charge >= 0.3 is 5.97 Å². The molecule has 0 atom stereocenters. The normalized spacial score (nSPS) is 10.9. The molecule has 0 spiro atoms. The van der Waals surface area contributed by atoms with Gasteiger partial charge in [-0.2, -0.15) is 0 Å². The smallest absolute Gasteiger partial charge is 0.341 e. The Hall–Kier alpha value is -1.80. The molecule has 1 aromatic rings. The summed E-state index contributed by atoms with van der Waals surface area (Å²) in [5.41, 5.74) is -0.0705. The molecule has 1 aromatic carbocycles. The average molecular weight is 275 g/mol. The third kappa shape index (κ3) is 2.90. The largest absolute Gasteiger partial charge is 0.496 e. The summed E-state index contributed by atoms with van der Waals surface area (Å²) in [6, 6.07) is 3.81. The van der Waals surface area contributed by atoms with Crippen LogP contribution >= 0.6 is 0 Å². The van der Waals surface area contributed by atoms with Crippen molar-refractivity contribution in [1.29, 1.82) is 0 Å². The highest BCUT2D eigenvalue weighted by Gasteiger charge is 2.19. The van der Waals surface area contributed by atoms with Crippen molar-refractivity contribution in [3.8, 4) is 5.75 Å². The molecule has 18 heavy (non-hydrogen) atoms. The maximum Gasteiger partial charge on any atom is 0.341 e. The van der Waals surface area contributed by atoms with Crippen molar-refractivity contribution < 1.29 is 27.9 Å². The summed E-state index contributed by atoms with van der Waals surface area (Å²) in [7, 11) is -1.29. The monoisotopic (exact) mass is 275 g/mol. The second-order valence-electron chi connectivity index (χ2n) is 3.38. The number of carbonyl (C=O) groups excluding carboxylic acids is 1. The SMILES string of the molecule is COC(=O)c1cc(N(O)S(C)(=O)=O)ccc1OC. The van der Waals surface area contributed by atoms with E-state index in [-0.39, 0.29) is 21.5 Å². The topological polar surface area (TPSA) is 93.1 Å². The first-order valence-corrected chi connectivity index (χ1v) is 6.61. The van der Waals surface area contributed by atoms with Crippen LogP contribution in [0.3, 0.4) is 0 Å². The van der Waals surface area contributed by atoms with E-state index in [0.717, 1.165) is 12.3 Å². The third-order valence-electron chi connectivity index (χ3n) is 2.12. The average Bonchev–Trinajstić information content (AvgIpc) is 2.35. The molecule has 100 valence electrons. The van der Waals surface area contributed by atoms with Crippen molar-refractivity contribution in [2.75, 3.05) is 24.9 Å². The maximum absolute atomic E-state index is 11.5. The number of sulfonamides is 1. The minimum Gasteiger partial charge on any atom is -0.496 e. The molecule has 0 amide bonds. The molecule has 0 aromatic heterocycles. The minimum atomic E-state index is -3.83. The lowest BCUT2D eigenvalue weighted by atomic mass is 10.2. The number of carbonyl (C=O) groups is 1. The van der Waals surface area contributed by atoms with E-state index < -0.39 is 16.0 Å². The van der Waals surface area contributed by atoms with Crippen molar-refractivity contribution >= 4 is 21.7 Å². The van der Waals surface area contributed by atoms with Crippen LogP contribution in [0.15, 0.2) is 18.2 Å². The summed E-state index contributed by atoms with van der Waals surface area (Å²) in [6.45, 7) is 0. The lowest BCUT2D eigenvalue weighted by molar-refractivity contribution is 0.0597. The Morgan fingerprint density at radius 1 is 1.33 bits per heavy atom. The molecule has 0 radical (unpaired) electrons. The molecule has 0 aliphatic carbocycles. The highest BCUT2D eigenvalue weighted by atomic mass is 32.2. The molecule has 1 N–H and O–H groups in total. The zero-order valence-electron chi connectivity index (χ0n) is 10.1. The molecule has 0 saturated heterocycles.